The highest BCUT2D eigenvalue weighted by Gasteiger charge is 2.55. The molecular formula is C33H51N3O3S. The summed E-state index contributed by atoms with van der Waals surface area (Å²) in [5, 5.41) is 0. The number of ether oxygens (including phenoxy) is 1. The van der Waals surface area contributed by atoms with Gasteiger partial charge in [-0.25, -0.2) is 0 Å². The average molecular weight is 570 g/mol. The molecular weight excluding hydrogens is 518 g/mol. The molecule has 40 heavy (non-hydrogen) atoms. The van der Waals surface area contributed by atoms with Crippen molar-refractivity contribution in [2.45, 2.75) is 58.5 Å². The summed E-state index contributed by atoms with van der Waals surface area (Å²) in [5.74, 6) is 0.250. The molecule has 1 aliphatic heterocycles. The van der Waals surface area contributed by atoms with Crippen molar-refractivity contribution in [1.29, 1.82) is 0 Å². The summed E-state index contributed by atoms with van der Waals surface area (Å²) in [7, 11) is 8.06. The Morgan fingerprint density at radius 1 is 1.32 bits per heavy atom. The lowest BCUT2D eigenvalue weighted by atomic mass is 9.89. The Balaban J connectivity index is 2.10. The Kier molecular flexibility index (Phi) is 13.9. The Bertz CT molecular complexity index is 1060. The van der Waals surface area contributed by atoms with Crippen LogP contribution in [-0.4, -0.2) is 91.2 Å². The van der Waals surface area contributed by atoms with Gasteiger partial charge in [0.2, 0.25) is 5.91 Å². The standard InChI is InChI=1S/C33H51N3O3S/c1-10-28(31-16-12-11-15-30(40-38)21-26(31)3)22-29(33(5)27(4)36(33)9)18-20-39-24-25(2)23-35(8)32(37)17-13-14-19-34(6)7/h10-13,17-18,21-22,25,27,38H,1,14-16,19-20,23-24H2,2-9H3/b12-11-,17-13+,28-22+,29-18+,30-21+,31-26+/t25?,27-,33?,36?/m1/s1. The maximum Gasteiger partial charge on any atom is 0.245 e. The van der Waals surface area contributed by atoms with Gasteiger partial charge in [0.1, 0.15) is 0 Å². The molecule has 2 aliphatic rings. The van der Waals surface area contributed by atoms with Crippen molar-refractivity contribution >= 4 is 17.9 Å². The number of amides is 1. The SMILES string of the molecule is C=CC(=C\C(=C/COCC(C)CN(C)C(=O)/C=C/CCN(C)C)C1(C)[C@@H](C)N1C)/C1=C(C)/C=C(/SO)C/C=C\C1. The Labute approximate surface area is 247 Å². The van der Waals surface area contributed by atoms with Gasteiger partial charge < -0.3 is 19.1 Å². The molecule has 0 aromatic rings. The fraction of sp³-hybridized carbons (Fsp3) is 0.545. The first kappa shape index (κ1) is 34.0. The predicted molar refractivity (Wildman–Crippen MR) is 171 cm³/mol. The van der Waals surface area contributed by atoms with E-state index in [0.717, 1.165) is 53.9 Å². The fourth-order valence-electron chi connectivity index (χ4n) is 5.07. The van der Waals surface area contributed by atoms with Gasteiger partial charge in [0.15, 0.2) is 0 Å². The van der Waals surface area contributed by atoms with Gasteiger partial charge in [-0.15, -0.1) is 0 Å². The van der Waals surface area contributed by atoms with Crippen molar-refractivity contribution in [3.05, 3.63) is 82.4 Å². The van der Waals surface area contributed by atoms with Gasteiger partial charge in [-0.2, -0.15) is 0 Å². The molecule has 1 fully saturated rings. The summed E-state index contributed by atoms with van der Waals surface area (Å²) < 4.78 is 15.7. The van der Waals surface area contributed by atoms with Crippen molar-refractivity contribution in [2.24, 2.45) is 5.92 Å². The van der Waals surface area contributed by atoms with Crippen molar-refractivity contribution in [1.82, 2.24) is 14.7 Å². The first-order chi connectivity index (χ1) is 18.9. The van der Waals surface area contributed by atoms with Gasteiger partial charge in [0, 0.05) is 43.1 Å². The molecule has 1 saturated heterocycles. The lowest BCUT2D eigenvalue weighted by Crippen LogP contribution is -2.31. The first-order valence-corrected chi connectivity index (χ1v) is 15.0. The highest BCUT2D eigenvalue weighted by Crippen LogP contribution is 2.46. The monoisotopic (exact) mass is 569 g/mol. The van der Waals surface area contributed by atoms with Crippen LogP contribution in [0, 0.1) is 5.92 Å². The van der Waals surface area contributed by atoms with Crippen LogP contribution in [-0.2, 0) is 9.53 Å². The van der Waals surface area contributed by atoms with Crippen LogP contribution < -0.4 is 0 Å². The Morgan fingerprint density at radius 2 is 2.00 bits per heavy atom. The largest absolute Gasteiger partial charge is 0.377 e. The van der Waals surface area contributed by atoms with Crippen molar-refractivity contribution in [3.63, 3.8) is 0 Å². The van der Waals surface area contributed by atoms with Gasteiger partial charge in [-0.3, -0.25) is 9.69 Å². The maximum absolute atomic E-state index is 12.4. The number of hydrogen-bond donors (Lipinski definition) is 1. The van der Waals surface area contributed by atoms with Crippen LogP contribution in [0.2, 0.25) is 0 Å². The number of rotatable bonds is 15. The quantitative estimate of drug-likeness (QED) is 0.0607. The Hall–Kier alpha value is -2.16. The van der Waals surface area contributed by atoms with E-state index in [1.807, 2.05) is 33.3 Å². The second-order valence-electron chi connectivity index (χ2n) is 11.5. The minimum Gasteiger partial charge on any atom is -0.377 e. The third kappa shape index (κ3) is 9.74. The smallest absolute Gasteiger partial charge is 0.245 e. The molecule has 0 aromatic carbocycles. The molecule has 0 bridgehead atoms. The zero-order valence-electron chi connectivity index (χ0n) is 25.9. The van der Waals surface area contributed by atoms with Crippen LogP contribution in [0.3, 0.4) is 0 Å². The van der Waals surface area contributed by atoms with Gasteiger partial charge in [-0.05, 0) is 108 Å². The summed E-state index contributed by atoms with van der Waals surface area (Å²) in [6.45, 7) is 15.5. The van der Waals surface area contributed by atoms with E-state index < -0.39 is 0 Å². The lowest BCUT2D eigenvalue weighted by molar-refractivity contribution is -0.125. The third-order valence-corrected chi connectivity index (χ3v) is 8.61. The normalized spacial score (nSPS) is 28.6. The van der Waals surface area contributed by atoms with E-state index in [-0.39, 0.29) is 17.4 Å². The molecule has 2 rings (SSSR count). The van der Waals surface area contributed by atoms with Crippen molar-refractivity contribution in [3.8, 4) is 0 Å². The molecule has 6 nitrogen and oxygen atoms in total. The number of hydrogen-bond acceptors (Lipinski definition) is 6. The number of carbonyl (C=O) groups excluding carboxylic acids is 1. The number of allylic oxidation sites excluding steroid dienone is 8. The molecule has 1 N–H and O–H groups in total. The molecule has 7 heteroatoms. The summed E-state index contributed by atoms with van der Waals surface area (Å²) in [6, 6.07) is 0.426. The maximum atomic E-state index is 12.4. The molecule has 0 saturated carbocycles. The molecule has 3 unspecified atom stereocenters. The average Bonchev–Trinajstić information content (AvgIpc) is 3.40. The molecule has 1 aliphatic carbocycles. The summed E-state index contributed by atoms with van der Waals surface area (Å²) in [5.41, 5.74) is 4.59. The number of likely N-dealkylation sites (N-methyl/N-ethyl adjacent to an activating group) is 2. The number of carbonyl (C=O) groups is 1. The third-order valence-electron chi connectivity index (χ3n) is 8.09. The van der Waals surface area contributed by atoms with Gasteiger partial charge in [-0.1, -0.05) is 43.9 Å². The van der Waals surface area contributed by atoms with Crippen LogP contribution >= 0.6 is 12.0 Å². The number of nitrogens with zero attached hydrogens (tertiary/aromatic N) is 3. The fourth-order valence-corrected chi connectivity index (χ4v) is 5.47. The highest BCUT2D eigenvalue weighted by molar-refractivity contribution is 7.97. The second-order valence-corrected chi connectivity index (χ2v) is 12.2. The molecule has 222 valence electrons. The zero-order chi connectivity index (χ0) is 29.9. The molecule has 0 aromatic heterocycles. The van der Waals surface area contributed by atoms with Crippen LogP contribution in [0.25, 0.3) is 0 Å². The van der Waals surface area contributed by atoms with E-state index in [1.54, 1.807) is 11.0 Å². The summed E-state index contributed by atoms with van der Waals surface area (Å²) in [4.78, 5) is 19.6. The van der Waals surface area contributed by atoms with Gasteiger partial charge >= 0.3 is 0 Å². The van der Waals surface area contributed by atoms with E-state index in [0.29, 0.717) is 25.8 Å². The molecule has 0 spiro atoms. The summed E-state index contributed by atoms with van der Waals surface area (Å²) >= 11 is 0.817. The van der Waals surface area contributed by atoms with E-state index in [4.69, 9.17) is 4.74 Å². The van der Waals surface area contributed by atoms with E-state index in [2.05, 4.69) is 81.5 Å². The van der Waals surface area contributed by atoms with E-state index in [9.17, 15) is 9.35 Å². The van der Waals surface area contributed by atoms with Crippen LogP contribution in [0.15, 0.2) is 82.4 Å². The lowest BCUT2D eigenvalue weighted by Gasteiger charge is -2.20. The minimum atomic E-state index is -0.0668. The molecule has 1 amide bonds. The summed E-state index contributed by atoms with van der Waals surface area (Å²) in [6.07, 6.45) is 18.8. The Morgan fingerprint density at radius 3 is 2.60 bits per heavy atom. The highest BCUT2D eigenvalue weighted by atomic mass is 32.2. The van der Waals surface area contributed by atoms with Crippen LogP contribution in [0.4, 0.5) is 0 Å². The van der Waals surface area contributed by atoms with E-state index >= 15 is 0 Å². The van der Waals surface area contributed by atoms with E-state index in [1.165, 1.54) is 11.1 Å². The second kappa shape index (κ2) is 16.3. The van der Waals surface area contributed by atoms with Gasteiger partial charge in [0.05, 0.1) is 18.8 Å². The van der Waals surface area contributed by atoms with Crippen molar-refractivity contribution in [2.75, 3.05) is 54.5 Å². The molecule has 0 radical (unpaired) electrons. The van der Waals surface area contributed by atoms with Crippen LogP contribution in [0.5, 0.6) is 0 Å². The molecule has 1 heterocycles. The van der Waals surface area contributed by atoms with Gasteiger partial charge in [0.25, 0.3) is 0 Å². The zero-order valence-corrected chi connectivity index (χ0v) is 26.8. The minimum absolute atomic E-state index is 0.0294. The van der Waals surface area contributed by atoms with Crippen molar-refractivity contribution < 1.29 is 14.1 Å². The topological polar surface area (TPSA) is 56.0 Å². The van der Waals surface area contributed by atoms with Crippen LogP contribution in [0.1, 0.15) is 47.0 Å². The molecule has 4 atom stereocenters. The first-order valence-electron chi connectivity index (χ1n) is 14.2. The predicted octanol–water partition coefficient (Wildman–Crippen LogP) is 6.49.